The summed E-state index contributed by atoms with van der Waals surface area (Å²) in [5.74, 6) is -1.79. The Bertz CT molecular complexity index is 624. The summed E-state index contributed by atoms with van der Waals surface area (Å²) in [6, 6.07) is 4.03. The molecule has 98 valence electrons. The lowest BCUT2D eigenvalue weighted by Crippen LogP contribution is -2.19. The van der Waals surface area contributed by atoms with Crippen molar-refractivity contribution in [3.63, 3.8) is 0 Å². The van der Waals surface area contributed by atoms with E-state index in [0.29, 0.717) is 5.69 Å². The Morgan fingerprint density at radius 1 is 1.42 bits per heavy atom. The van der Waals surface area contributed by atoms with Crippen LogP contribution in [-0.2, 0) is 9.59 Å². The van der Waals surface area contributed by atoms with E-state index in [9.17, 15) is 14.4 Å². The first kappa shape index (κ1) is 13.2. The second-order valence-electron chi connectivity index (χ2n) is 3.95. The maximum Gasteiger partial charge on any atom is 0.337 e. The number of ketones is 1. The molecule has 1 heterocycles. The van der Waals surface area contributed by atoms with Crippen LogP contribution in [0.25, 0.3) is 0 Å². The molecule has 0 unspecified atom stereocenters. The highest BCUT2D eigenvalue weighted by molar-refractivity contribution is 6.44. The van der Waals surface area contributed by atoms with Gasteiger partial charge in [0.15, 0.2) is 5.78 Å². The summed E-state index contributed by atoms with van der Waals surface area (Å²) in [6.45, 7) is 1.33. The van der Waals surface area contributed by atoms with Crippen LogP contribution in [-0.4, -0.2) is 28.5 Å². The highest BCUT2D eigenvalue weighted by Crippen LogP contribution is 2.26. The van der Waals surface area contributed by atoms with Gasteiger partial charge in [-0.2, -0.15) is 10.1 Å². The third kappa shape index (κ3) is 2.48. The van der Waals surface area contributed by atoms with Crippen LogP contribution in [0.3, 0.4) is 0 Å². The summed E-state index contributed by atoms with van der Waals surface area (Å²) in [5, 5.41) is 13.8. The van der Waals surface area contributed by atoms with Crippen LogP contribution < -0.4 is 5.01 Å². The number of aromatic carboxylic acids is 1. The molecule has 0 radical (unpaired) electrons. The molecule has 1 aliphatic rings. The number of carbonyl (C=O) groups excluding carboxylic acids is 2. The molecular weight excluding hydrogens is 272 g/mol. The molecule has 0 aromatic heterocycles. The average molecular weight is 281 g/mol. The second kappa shape index (κ2) is 4.81. The zero-order valence-electron chi connectivity index (χ0n) is 9.88. The van der Waals surface area contributed by atoms with Gasteiger partial charge < -0.3 is 5.11 Å². The van der Waals surface area contributed by atoms with Crippen molar-refractivity contribution >= 4 is 40.7 Å². The Labute approximate surface area is 113 Å². The number of carbonyl (C=O) groups is 3. The molecule has 19 heavy (non-hydrogen) atoms. The highest BCUT2D eigenvalue weighted by atomic mass is 35.5. The van der Waals surface area contributed by atoms with Crippen LogP contribution in [0.2, 0.25) is 5.02 Å². The van der Waals surface area contributed by atoms with Crippen LogP contribution in [0.15, 0.2) is 23.3 Å². The molecule has 1 aliphatic heterocycles. The first-order valence-electron chi connectivity index (χ1n) is 5.34. The molecule has 0 saturated heterocycles. The van der Waals surface area contributed by atoms with Gasteiger partial charge in [-0.15, -0.1) is 0 Å². The Morgan fingerprint density at radius 3 is 2.58 bits per heavy atom. The van der Waals surface area contributed by atoms with E-state index in [1.807, 2.05) is 0 Å². The molecule has 1 N–H and O–H groups in total. The standard InChI is InChI=1S/C12H9ClN2O4/c1-6(16)10-5-11(17)15(14-10)7-2-3-8(12(18)19)9(13)4-7/h2-4H,5H2,1H3,(H,18,19). The van der Waals surface area contributed by atoms with Gasteiger partial charge in [-0.25, -0.2) is 4.79 Å². The van der Waals surface area contributed by atoms with Gasteiger partial charge in [-0.3, -0.25) is 9.59 Å². The molecule has 1 aromatic rings. The summed E-state index contributed by atoms with van der Waals surface area (Å²) < 4.78 is 0. The lowest BCUT2D eigenvalue weighted by molar-refractivity contribution is -0.117. The number of rotatable bonds is 3. The summed E-state index contributed by atoms with van der Waals surface area (Å²) in [6.07, 6.45) is -0.0619. The summed E-state index contributed by atoms with van der Waals surface area (Å²) >= 11 is 5.82. The van der Waals surface area contributed by atoms with E-state index in [-0.39, 0.29) is 34.4 Å². The van der Waals surface area contributed by atoms with Crippen molar-refractivity contribution in [3.05, 3.63) is 28.8 Å². The Morgan fingerprint density at radius 2 is 2.11 bits per heavy atom. The first-order chi connectivity index (χ1) is 8.90. The molecule has 0 bridgehead atoms. The third-order valence-corrected chi connectivity index (χ3v) is 2.92. The van der Waals surface area contributed by atoms with Gasteiger partial charge in [0, 0.05) is 6.92 Å². The fourth-order valence-corrected chi connectivity index (χ4v) is 1.89. The molecule has 0 saturated carbocycles. The Kier molecular flexibility index (Phi) is 3.35. The van der Waals surface area contributed by atoms with Gasteiger partial charge in [-0.05, 0) is 18.2 Å². The monoisotopic (exact) mass is 280 g/mol. The minimum atomic E-state index is -1.16. The SMILES string of the molecule is CC(=O)C1=NN(c2ccc(C(=O)O)c(Cl)c2)C(=O)C1. The van der Waals surface area contributed by atoms with E-state index in [0.717, 1.165) is 5.01 Å². The lowest BCUT2D eigenvalue weighted by atomic mass is 10.2. The van der Waals surface area contributed by atoms with E-state index in [1.54, 1.807) is 0 Å². The zero-order chi connectivity index (χ0) is 14.2. The van der Waals surface area contributed by atoms with Gasteiger partial charge in [0.2, 0.25) is 0 Å². The van der Waals surface area contributed by atoms with Crippen molar-refractivity contribution < 1.29 is 19.5 Å². The van der Waals surface area contributed by atoms with Crippen molar-refractivity contribution in [2.45, 2.75) is 13.3 Å². The number of hydrogen-bond acceptors (Lipinski definition) is 4. The van der Waals surface area contributed by atoms with Gasteiger partial charge in [0.25, 0.3) is 5.91 Å². The normalized spacial score (nSPS) is 14.5. The molecule has 0 fully saturated rings. The van der Waals surface area contributed by atoms with Crippen molar-refractivity contribution in [2.24, 2.45) is 5.10 Å². The highest BCUT2D eigenvalue weighted by Gasteiger charge is 2.28. The number of hydrogen-bond donors (Lipinski definition) is 1. The van der Waals surface area contributed by atoms with E-state index < -0.39 is 5.97 Å². The van der Waals surface area contributed by atoms with E-state index in [2.05, 4.69) is 5.10 Å². The van der Waals surface area contributed by atoms with Crippen LogP contribution in [0.4, 0.5) is 5.69 Å². The molecule has 1 amide bonds. The maximum atomic E-state index is 11.7. The van der Waals surface area contributed by atoms with Crippen LogP contribution in [0.5, 0.6) is 0 Å². The maximum absolute atomic E-state index is 11.7. The fraction of sp³-hybridized carbons (Fsp3) is 0.167. The lowest BCUT2D eigenvalue weighted by Gasteiger charge is -2.12. The number of anilines is 1. The van der Waals surface area contributed by atoms with Crippen LogP contribution in [0.1, 0.15) is 23.7 Å². The molecular formula is C12H9ClN2O4. The summed E-state index contributed by atoms with van der Waals surface area (Å²) in [5.41, 5.74) is 0.438. The van der Waals surface area contributed by atoms with Gasteiger partial charge in [0.05, 0.1) is 22.7 Å². The van der Waals surface area contributed by atoms with E-state index in [1.165, 1.54) is 25.1 Å². The molecule has 0 aliphatic carbocycles. The zero-order valence-corrected chi connectivity index (χ0v) is 10.6. The molecule has 1 aromatic carbocycles. The van der Waals surface area contributed by atoms with Gasteiger partial charge >= 0.3 is 5.97 Å². The number of nitrogens with zero attached hydrogens (tertiary/aromatic N) is 2. The van der Waals surface area contributed by atoms with E-state index in [4.69, 9.17) is 16.7 Å². The molecule has 0 spiro atoms. The number of carboxylic acids is 1. The minimum Gasteiger partial charge on any atom is -0.478 e. The Balaban J connectivity index is 2.38. The van der Waals surface area contributed by atoms with Crippen molar-refractivity contribution in [2.75, 3.05) is 5.01 Å². The predicted molar refractivity (Wildman–Crippen MR) is 68.6 cm³/mol. The number of hydrazone groups is 1. The van der Waals surface area contributed by atoms with Crippen molar-refractivity contribution in [3.8, 4) is 0 Å². The molecule has 7 heteroatoms. The van der Waals surface area contributed by atoms with Crippen molar-refractivity contribution in [1.82, 2.24) is 0 Å². The number of carboxylic acid groups (broad SMARTS) is 1. The topological polar surface area (TPSA) is 87.0 Å². The Hall–Kier alpha value is -2.21. The van der Waals surface area contributed by atoms with Crippen molar-refractivity contribution in [1.29, 1.82) is 0 Å². The van der Waals surface area contributed by atoms with Crippen LogP contribution >= 0.6 is 11.6 Å². The minimum absolute atomic E-state index is 0.00396. The van der Waals surface area contributed by atoms with Crippen LogP contribution in [0, 0.1) is 0 Å². The molecule has 0 atom stereocenters. The number of amides is 1. The second-order valence-corrected chi connectivity index (χ2v) is 4.36. The van der Waals surface area contributed by atoms with Gasteiger partial charge in [0.1, 0.15) is 5.71 Å². The fourth-order valence-electron chi connectivity index (χ4n) is 1.64. The number of Topliss-reactive ketones (excluding diaryl/α,β-unsaturated/α-hetero) is 1. The molecule has 2 rings (SSSR count). The predicted octanol–water partition coefficient (Wildman–Crippen LogP) is 1.72. The summed E-state index contributed by atoms with van der Waals surface area (Å²) in [4.78, 5) is 33.7. The number of benzene rings is 1. The summed E-state index contributed by atoms with van der Waals surface area (Å²) in [7, 11) is 0. The first-order valence-corrected chi connectivity index (χ1v) is 5.72. The van der Waals surface area contributed by atoms with E-state index >= 15 is 0 Å². The smallest absolute Gasteiger partial charge is 0.337 e. The quantitative estimate of drug-likeness (QED) is 0.913. The largest absolute Gasteiger partial charge is 0.478 e. The number of halogens is 1. The average Bonchev–Trinajstić information content (AvgIpc) is 2.71. The molecule has 6 nitrogen and oxygen atoms in total. The van der Waals surface area contributed by atoms with Gasteiger partial charge in [-0.1, -0.05) is 11.6 Å². The third-order valence-electron chi connectivity index (χ3n) is 2.61.